The molecule has 13 heavy (non-hydrogen) atoms. The predicted octanol–water partition coefficient (Wildman–Crippen LogP) is 0.949. The smallest absolute Gasteiger partial charge is 0.328 e. The number of benzene rings is 1. The van der Waals surface area contributed by atoms with Gasteiger partial charge in [-0.2, -0.15) is 0 Å². The van der Waals surface area contributed by atoms with E-state index < -0.39 is 5.97 Å². The second kappa shape index (κ2) is 3.62. The van der Waals surface area contributed by atoms with Gasteiger partial charge in [0.2, 0.25) is 0 Å². The second-order valence-electron chi connectivity index (χ2n) is 2.56. The van der Waals surface area contributed by atoms with Crippen LogP contribution in [0.2, 0.25) is 0 Å². The van der Waals surface area contributed by atoms with Crippen LogP contribution in [0, 0.1) is 0 Å². The Bertz CT molecular complexity index is 359. The van der Waals surface area contributed by atoms with Crippen molar-refractivity contribution >= 4 is 23.4 Å². The van der Waals surface area contributed by atoms with Crippen molar-refractivity contribution in [2.24, 2.45) is 0 Å². The molecule has 0 fully saturated rings. The lowest BCUT2D eigenvalue weighted by Crippen LogP contribution is -1.94. The van der Waals surface area contributed by atoms with Gasteiger partial charge in [-0.3, -0.25) is 0 Å². The van der Waals surface area contributed by atoms with Gasteiger partial charge in [0, 0.05) is 6.08 Å². The van der Waals surface area contributed by atoms with Crippen molar-refractivity contribution in [1.82, 2.24) is 0 Å². The van der Waals surface area contributed by atoms with Crippen LogP contribution in [0.25, 0.3) is 6.08 Å². The summed E-state index contributed by atoms with van der Waals surface area (Å²) in [5.41, 5.74) is 12.7. The summed E-state index contributed by atoms with van der Waals surface area (Å²) in [4.78, 5) is 10.2. The lowest BCUT2D eigenvalue weighted by atomic mass is 10.1. The summed E-state index contributed by atoms with van der Waals surface area (Å²) in [6.45, 7) is 0. The Morgan fingerprint density at radius 2 is 2.00 bits per heavy atom. The van der Waals surface area contributed by atoms with Gasteiger partial charge in [-0.25, -0.2) is 4.79 Å². The van der Waals surface area contributed by atoms with Crippen LogP contribution in [0.15, 0.2) is 24.3 Å². The van der Waals surface area contributed by atoms with E-state index >= 15 is 0 Å². The van der Waals surface area contributed by atoms with Crippen molar-refractivity contribution in [3.63, 3.8) is 0 Å². The van der Waals surface area contributed by atoms with E-state index in [0.29, 0.717) is 16.9 Å². The van der Waals surface area contributed by atoms with Gasteiger partial charge in [-0.1, -0.05) is 6.07 Å². The van der Waals surface area contributed by atoms with Gasteiger partial charge in [0.25, 0.3) is 0 Å². The van der Waals surface area contributed by atoms with Crippen LogP contribution in [0.4, 0.5) is 11.4 Å². The summed E-state index contributed by atoms with van der Waals surface area (Å²) in [6, 6.07) is 4.96. The Labute approximate surface area is 75.5 Å². The normalized spacial score (nSPS) is 10.5. The molecule has 1 rings (SSSR count). The van der Waals surface area contributed by atoms with Crippen molar-refractivity contribution in [2.75, 3.05) is 11.5 Å². The first-order chi connectivity index (χ1) is 6.09. The Morgan fingerprint density at radius 3 is 2.54 bits per heavy atom. The van der Waals surface area contributed by atoms with Crippen LogP contribution in [0.5, 0.6) is 0 Å². The van der Waals surface area contributed by atoms with Crippen molar-refractivity contribution < 1.29 is 9.90 Å². The molecule has 0 amide bonds. The highest BCUT2D eigenvalue weighted by molar-refractivity contribution is 5.85. The molecule has 0 heterocycles. The molecule has 0 spiro atoms. The molecule has 4 nitrogen and oxygen atoms in total. The van der Waals surface area contributed by atoms with Crippen molar-refractivity contribution in [3.05, 3.63) is 29.8 Å². The maximum atomic E-state index is 10.2. The van der Waals surface area contributed by atoms with Crippen LogP contribution in [0.3, 0.4) is 0 Å². The molecule has 1 aromatic rings. The highest BCUT2D eigenvalue weighted by Crippen LogP contribution is 2.16. The van der Waals surface area contributed by atoms with Crippen molar-refractivity contribution in [2.45, 2.75) is 0 Å². The van der Waals surface area contributed by atoms with E-state index in [4.69, 9.17) is 16.6 Å². The van der Waals surface area contributed by atoms with Gasteiger partial charge in [-0.05, 0) is 23.8 Å². The second-order valence-corrected chi connectivity index (χ2v) is 2.56. The van der Waals surface area contributed by atoms with E-state index in [2.05, 4.69) is 0 Å². The molecule has 0 aliphatic rings. The van der Waals surface area contributed by atoms with E-state index in [1.807, 2.05) is 0 Å². The van der Waals surface area contributed by atoms with Gasteiger partial charge >= 0.3 is 5.97 Å². The number of hydrogen-bond donors (Lipinski definition) is 3. The largest absolute Gasteiger partial charge is 0.478 e. The zero-order valence-electron chi connectivity index (χ0n) is 6.90. The summed E-state index contributed by atoms with van der Waals surface area (Å²) < 4.78 is 0. The highest BCUT2D eigenvalue weighted by atomic mass is 16.4. The minimum Gasteiger partial charge on any atom is -0.478 e. The van der Waals surface area contributed by atoms with Gasteiger partial charge in [0.15, 0.2) is 0 Å². The molecular formula is C9H10N2O2. The lowest BCUT2D eigenvalue weighted by Gasteiger charge is -1.99. The van der Waals surface area contributed by atoms with E-state index in [0.717, 1.165) is 6.08 Å². The fourth-order valence-corrected chi connectivity index (χ4v) is 0.864. The van der Waals surface area contributed by atoms with Crippen LogP contribution in [0.1, 0.15) is 5.56 Å². The molecule has 0 aliphatic heterocycles. The third kappa shape index (κ3) is 2.52. The molecule has 0 unspecified atom stereocenters. The molecule has 0 aromatic heterocycles. The average Bonchev–Trinajstić information content (AvgIpc) is 2.07. The Kier molecular flexibility index (Phi) is 2.54. The Hall–Kier alpha value is -1.97. The molecule has 0 bridgehead atoms. The average molecular weight is 178 g/mol. The summed E-state index contributed by atoms with van der Waals surface area (Å²) in [6.07, 6.45) is 2.50. The number of carboxylic acids is 1. The predicted molar refractivity (Wildman–Crippen MR) is 51.9 cm³/mol. The van der Waals surface area contributed by atoms with E-state index in [-0.39, 0.29) is 0 Å². The minimum atomic E-state index is -0.990. The third-order valence-corrected chi connectivity index (χ3v) is 1.53. The fourth-order valence-electron chi connectivity index (χ4n) is 0.864. The SMILES string of the molecule is Nc1ccc(/C=C/C(=O)O)cc1N. The van der Waals surface area contributed by atoms with Crippen LogP contribution >= 0.6 is 0 Å². The van der Waals surface area contributed by atoms with Gasteiger partial charge in [-0.15, -0.1) is 0 Å². The minimum absolute atomic E-state index is 0.451. The molecule has 68 valence electrons. The summed E-state index contributed by atoms with van der Waals surface area (Å²) in [5, 5.41) is 8.36. The van der Waals surface area contributed by atoms with Crippen LogP contribution < -0.4 is 11.5 Å². The number of nitrogens with two attached hydrogens (primary N) is 2. The van der Waals surface area contributed by atoms with Crippen molar-refractivity contribution in [3.8, 4) is 0 Å². The molecule has 5 N–H and O–H groups in total. The summed E-state index contributed by atoms with van der Waals surface area (Å²) >= 11 is 0. The number of aliphatic carboxylic acids is 1. The topological polar surface area (TPSA) is 89.3 Å². The quantitative estimate of drug-likeness (QED) is 0.464. The zero-order valence-corrected chi connectivity index (χ0v) is 6.90. The summed E-state index contributed by atoms with van der Waals surface area (Å²) in [7, 11) is 0. The van der Waals surface area contributed by atoms with Gasteiger partial charge in [0.1, 0.15) is 0 Å². The molecule has 0 radical (unpaired) electrons. The number of rotatable bonds is 2. The number of hydrogen-bond acceptors (Lipinski definition) is 3. The van der Waals surface area contributed by atoms with Crippen LogP contribution in [-0.2, 0) is 4.79 Å². The monoisotopic (exact) mass is 178 g/mol. The number of carboxylic acid groups (broad SMARTS) is 1. The first kappa shape index (κ1) is 9.12. The number of anilines is 2. The number of nitrogen functional groups attached to an aromatic ring is 2. The third-order valence-electron chi connectivity index (χ3n) is 1.53. The van der Waals surface area contributed by atoms with E-state index in [1.54, 1.807) is 18.2 Å². The standard InChI is InChI=1S/C9H10N2O2/c10-7-3-1-6(5-8(7)11)2-4-9(12)13/h1-5H,10-11H2,(H,12,13)/b4-2+. The molecule has 1 aromatic carbocycles. The van der Waals surface area contributed by atoms with Crippen LogP contribution in [-0.4, -0.2) is 11.1 Å². The maximum absolute atomic E-state index is 10.2. The van der Waals surface area contributed by atoms with Gasteiger partial charge < -0.3 is 16.6 Å². The molecule has 0 saturated heterocycles. The summed E-state index contributed by atoms with van der Waals surface area (Å²) in [5.74, 6) is -0.990. The van der Waals surface area contributed by atoms with E-state index in [1.165, 1.54) is 6.08 Å². The Morgan fingerprint density at radius 1 is 1.31 bits per heavy atom. The zero-order chi connectivity index (χ0) is 9.84. The van der Waals surface area contributed by atoms with Gasteiger partial charge in [0.05, 0.1) is 11.4 Å². The molecule has 4 heteroatoms. The lowest BCUT2D eigenvalue weighted by molar-refractivity contribution is -0.131. The van der Waals surface area contributed by atoms with E-state index in [9.17, 15) is 4.79 Å². The molecule has 0 saturated carbocycles. The maximum Gasteiger partial charge on any atom is 0.328 e. The highest BCUT2D eigenvalue weighted by Gasteiger charge is 1.94. The van der Waals surface area contributed by atoms with Crippen molar-refractivity contribution in [1.29, 1.82) is 0 Å². The first-order valence-corrected chi connectivity index (χ1v) is 3.65. The number of carbonyl (C=O) groups is 1. The first-order valence-electron chi connectivity index (χ1n) is 3.65. The fraction of sp³-hybridized carbons (Fsp3) is 0. The molecule has 0 atom stereocenters. The molecular weight excluding hydrogens is 168 g/mol. The molecule has 0 aliphatic carbocycles. The Balaban J connectivity index is 2.92.